The van der Waals surface area contributed by atoms with Crippen LogP contribution in [0.5, 0.6) is 0 Å². The van der Waals surface area contributed by atoms with Gasteiger partial charge in [-0.1, -0.05) is 79.0 Å². The summed E-state index contributed by atoms with van der Waals surface area (Å²) in [5.74, 6) is 0.103. The molecule has 0 N–H and O–H groups in total. The van der Waals surface area contributed by atoms with Gasteiger partial charge in [0.2, 0.25) is 0 Å². The zero-order valence-electron chi connectivity index (χ0n) is 9.70. The van der Waals surface area contributed by atoms with Crippen molar-refractivity contribution in [2.24, 2.45) is 0 Å². The molecule has 0 radical (unpaired) electrons. The molecule has 0 fully saturated rings. The van der Waals surface area contributed by atoms with Crippen molar-refractivity contribution in [1.82, 2.24) is 0 Å². The highest BCUT2D eigenvalue weighted by Crippen LogP contribution is 1.92. The first-order valence-corrected chi connectivity index (χ1v) is 5.59. The standard InChI is InChI=1S/C16H16O/c17-16-14-12-10-8-6-4-2-1-3-5-7-9-11-13-15-16/h1-14H,15H2. The van der Waals surface area contributed by atoms with Crippen molar-refractivity contribution in [2.75, 3.05) is 0 Å². The van der Waals surface area contributed by atoms with Gasteiger partial charge < -0.3 is 0 Å². The van der Waals surface area contributed by atoms with Crippen molar-refractivity contribution in [1.29, 1.82) is 0 Å². The summed E-state index contributed by atoms with van der Waals surface area (Å²) in [5, 5.41) is 0. The second kappa shape index (κ2) is 9.10. The van der Waals surface area contributed by atoms with Crippen molar-refractivity contribution in [3.05, 3.63) is 85.1 Å². The molecule has 86 valence electrons. The molecule has 0 saturated carbocycles. The van der Waals surface area contributed by atoms with Crippen LogP contribution in [0.3, 0.4) is 0 Å². The zero-order valence-corrected chi connectivity index (χ0v) is 9.70. The Morgan fingerprint density at radius 1 is 0.588 bits per heavy atom. The van der Waals surface area contributed by atoms with Crippen LogP contribution in [0.25, 0.3) is 0 Å². The molecular formula is C16H16O. The highest BCUT2D eigenvalue weighted by atomic mass is 16.1. The van der Waals surface area contributed by atoms with Gasteiger partial charge in [0.15, 0.2) is 5.78 Å². The summed E-state index contributed by atoms with van der Waals surface area (Å²) < 4.78 is 0. The monoisotopic (exact) mass is 224 g/mol. The van der Waals surface area contributed by atoms with Crippen LogP contribution in [-0.2, 0) is 4.79 Å². The third kappa shape index (κ3) is 7.74. The minimum absolute atomic E-state index is 0.103. The van der Waals surface area contributed by atoms with E-state index in [0.29, 0.717) is 6.42 Å². The lowest BCUT2D eigenvalue weighted by molar-refractivity contribution is -0.113. The molecule has 0 unspecified atom stereocenters. The lowest BCUT2D eigenvalue weighted by Crippen LogP contribution is -1.87. The van der Waals surface area contributed by atoms with E-state index in [2.05, 4.69) is 0 Å². The van der Waals surface area contributed by atoms with Crippen molar-refractivity contribution >= 4 is 5.78 Å². The van der Waals surface area contributed by atoms with E-state index in [1.54, 1.807) is 12.2 Å². The molecule has 0 aromatic heterocycles. The number of hydrogen-bond donors (Lipinski definition) is 0. The Bertz CT molecular complexity index is 426. The van der Waals surface area contributed by atoms with Crippen LogP contribution in [0, 0.1) is 0 Å². The molecule has 0 aromatic rings. The molecule has 0 amide bonds. The van der Waals surface area contributed by atoms with Gasteiger partial charge in [-0.05, 0) is 6.08 Å². The van der Waals surface area contributed by atoms with E-state index in [-0.39, 0.29) is 5.78 Å². The Labute approximate surface area is 103 Å². The number of carbonyl (C=O) groups excluding carboxylic acids is 1. The third-order valence-corrected chi connectivity index (χ3v) is 1.96. The van der Waals surface area contributed by atoms with Gasteiger partial charge in [0.05, 0.1) is 0 Å². The predicted octanol–water partition coefficient (Wildman–Crippen LogP) is 3.85. The molecule has 0 bridgehead atoms. The van der Waals surface area contributed by atoms with E-state index < -0.39 is 0 Å². The molecule has 17 heavy (non-hydrogen) atoms. The molecule has 0 aliphatic heterocycles. The Morgan fingerprint density at radius 3 is 1.53 bits per heavy atom. The first-order chi connectivity index (χ1) is 8.39. The van der Waals surface area contributed by atoms with E-state index in [1.807, 2.05) is 72.9 Å². The SMILES string of the molecule is O=C1C=CC=CC=CC=CC=CC=CC=CC1. The largest absolute Gasteiger partial charge is 0.295 e. The number of hydrogen-bond acceptors (Lipinski definition) is 1. The number of ketones is 1. The summed E-state index contributed by atoms with van der Waals surface area (Å²) in [6.45, 7) is 0. The van der Waals surface area contributed by atoms with Crippen LogP contribution in [-0.4, -0.2) is 5.78 Å². The Balaban J connectivity index is 2.70. The fourth-order valence-corrected chi connectivity index (χ4v) is 1.14. The zero-order chi connectivity index (χ0) is 12.2. The molecule has 1 heteroatoms. The van der Waals surface area contributed by atoms with Crippen molar-refractivity contribution in [2.45, 2.75) is 6.42 Å². The number of rotatable bonds is 0. The maximum absolute atomic E-state index is 11.3. The van der Waals surface area contributed by atoms with Crippen molar-refractivity contribution in [3.63, 3.8) is 0 Å². The normalized spacial score (nSPS) is 16.8. The molecule has 1 rings (SSSR count). The summed E-state index contributed by atoms with van der Waals surface area (Å²) in [4.78, 5) is 11.3. The molecule has 0 atom stereocenters. The van der Waals surface area contributed by atoms with Crippen molar-refractivity contribution in [3.8, 4) is 0 Å². The highest BCUT2D eigenvalue weighted by molar-refractivity contribution is 5.90. The molecule has 0 saturated heterocycles. The van der Waals surface area contributed by atoms with E-state index in [4.69, 9.17) is 0 Å². The third-order valence-electron chi connectivity index (χ3n) is 1.96. The maximum Gasteiger partial charge on any atom is 0.159 e. The van der Waals surface area contributed by atoms with Gasteiger partial charge in [0.1, 0.15) is 0 Å². The summed E-state index contributed by atoms with van der Waals surface area (Å²) in [6.07, 6.45) is 26.7. The van der Waals surface area contributed by atoms with Crippen LogP contribution in [0.4, 0.5) is 0 Å². The first kappa shape index (κ1) is 12.9. The second-order valence-corrected chi connectivity index (χ2v) is 3.38. The van der Waals surface area contributed by atoms with Gasteiger partial charge in [0.25, 0.3) is 0 Å². The van der Waals surface area contributed by atoms with Gasteiger partial charge in [-0.25, -0.2) is 0 Å². The summed E-state index contributed by atoms with van der Waals surface area (Å²) in [6, 6.07) is 0. The van der Waals surface area contributed by atoms with E-state index >= 15 is 0 Å². The second-order valence-electron chi connectivity index (χ2n) is 3.38. The van der Waals surface area contributed by atoms with Gasteiger partial charge in [-0.15, -0.1) is 0 Å². The van der Waals surface area contributed by atoms with Crippen LogP contribution in [0.15, 0.2) is 85.1 Å². The minimum Gasteiger partial charge on any atom is -0.295 e. The molecule has 1 aliphatic carbocycles. The Kier molecular flexibility index (Phi) is 6.92. The van der Waals surface area contributed by atoms with Crippen LogP contribution in [0.2, 0.25) is 0 Å². The topological polar surface area (TPSA) is 17.1 Å². The van der Waals surface area contributed by atoms with Crippen molar-refractivity contribution < 1.29 is 4.79 Å². The summed E-state index contributed by atoms with van der Waals surface area (Å²) in [7, 11) is 0. The summed E-state index contributed by atoms with van der Waals surface area (Å²) >= 11 is 0. The van der Waals surface area contributed by atoms with Gasteiger partial charge >= 0.3 is 0 Å². The molecule has 0 aromatic carbocycles. The molecule has 0 spiro atoms. The number of allylic oxidation sites excluding steroid dienone is 14. The molecule has 1 aliphatic rings. The lowest BCUT2D eigenvalue weighted by atomic mass is 10.2. The molecule has 1 nitrogen and oxygen atoms in total. The van der Waals surface area contributed by atoms with E-state index in [1.165, 1.54) is 0 Å². The Hall–Kier alpha value is -2.15. The van der Waals surface area contributed by atoms with Crippen LogP contribution < -0.4 is 0 Å². The predicted molar refractivity (Wildman–Crippen MR) is 73.6 cm³/mol. The van der Waals surface area contributed by atoms with Gasteiger partial charge in [-0.3, -0.25) is 4.79 Å². The number of carbonyl (C=O) groups is 1. The quantitative estimate of drug-likeness (QED) is 0.610. The van der Waals surface area contributed by atoms with E-state index in [0.717, 1.165) is 0 Å². The van der Waals surface area contributed by atoms with Gasteiger partial charge in [0, 0.05) is 6.42 Å². The molecule has 0 heterocycles. The smallest absolute Gasteiger partial charge is 0.159 e. The molecular weight excluding hydrogens is 208 g/mol. The fraction of sp³-hybridized carbons (Fsp3) is 0.0625. The minimum atomic E-state index is 0.103. The Morgan fingerprint density at radius 2 is 1.00 bits per heavy atom. The maximum atomic E-state index is 11.3. The first-order valence-electron chi connectivity index (χ1n) is 5.59. The average molecular weight is 224 g/mol. The fourth-order valence-electron chi connectivity index (χ4n) is 1.14. The van der Waals surface area contributed by atoms with Crippen LogP contribution in [0.1, 0.15) is 6.42 Å². The van der Waals surface area contributed by atoms with Crippen LogP contribution >= 0.6 is 0 Å². The van der Waals surface area contributed by atoms with E-state index in [9.17, 15) is 4.79 Å². The van der Waals surface area contributed by atoms with Gasteiger partial charge in [-0.2, -0.15) is 0 Å². The average Bonchev–Trinajstić information content (AvgIpc) is 2.32. The highest BCUT2D eigenvalue weighted by Gasteiger charge is 1.88. The summed E-state index contributed by atoms with van der Waals surface area (Å²) in [5.41, 5.74) is 0. The lowest BCUT2D eigenvalue weighted by Gasteiger charge is -1.84.